The molecule has 5 heteroatoms. The fourth-order valence-corrected chi connectivity index (χ4v) is 2.67. The molecule has 0 saturated heterocycles. The summed E-state index contributed by atoms with van der Waals surface area (Å²) >= 11 is 0. The molecule has 3 rings (SSSR count). The van der Waals surface area contributed by atoms with E-state index < -0.39 is 0 Å². The van der Waals surface area contributed by atoms with Crippen molar-refractivity contribution in [3.8, 4) is 11.5 Å². The van der Waals surface area contributed by atoms with Crippen LogP contribution in [-0.2, 0) is 6.42 Å². The number of nitrogens with one attached hydrogen (secondary N) is 1. The second-order valence-corrected chi connectivity index (χ2v) is 6.07. The summed E-state index contributed by atoms with van der Waals surface area (Å²) in [7, 11) is 0. The molecule has 0 aromatic heterocycles. The number of nitrogens with two attached hydrogens (primary N) is 2. The summed E-state index contributed by atoms with van der Waals surface area (Å²) in [6.45, 7) is 9.69. The van der Waals surface area contributed by atoms with Crippen LogP contribution in [0, 0.1) is 6.92 Å². The first-order valence-corrected chi connectivity index (χ1v) is 9.95. The van der Waals surface area contributed by atoms with Gasteiger partial charge in [0.05, 0.1) is 5.69 Å². The van der Waals surface area contributed by atoms with Gasteiger partial charge in [0, 0.05) is 34.6 Å². The van der Waals surface area contributed by atoms with Gasteiger partial charge in [0.15, 0.2) is 0 Å². The van der Waals surface area contributed by atoms with Gasteiger partial charge >= 0.3 is 0 Å². The van der Waals surface area contributed by atoms with Gasteiger partial charge in [-0.05, 0) is 55.0 Å². The van der Waals surface area contributed by atoms with E-state index in [4.69, 9.17) is 11.5 Å². The molecule has 29 heavy (non-hydrogen) atoms. The minimum absolute atomic E-state index is 0.0235. The average molecular weight is 396 g/mol. The highest BCUT2D eigenvalue weighted by Gasteiger charge is 2.15. The van der Waals surface area contributed by atoms with Crippen LogP contribution in [0.3, 0.4) is 0 Å². The van der Waals surface area contributed by atoms with Gasteiger partial charge in [-0.15, -0.1) is 0 Å². The average Bonchev–Trinajstić information content (AvgIpc) is 2.76. The summed E-state index contributed by atoms with van der Waals surface area (Å²) in [6.07, 6.45) is 0.531. The van der Waals surface area contributed by atoms with Gasteiger partial charge in [0.1, 0.15) is 11.5 Å². The molecule has 0 aliphatic rings. The zero-order valence-corrected chi connectivity index (χ0v) is 18.0. The molecule has 3 aromatic carbocycles. The Morgan fingerprint density at radius 2 is 1.24 bits per heavy atom. The molecule has 3 aromatic rings. The highest BCUT2D eigenvalue weighted by Crippen LogP contribution is 2.39. The van der Waals surface area contributed by atoms with Gasteiger partial charge in [0.25, 0.3) is 0 Å². The number of anilines is 4. The van der Waals surface area contributed by atoms with E-state index in [1.807, 2.05) is 64.1 Å². The lowest BCUT2D eigenvalue weighted by Crippen LogP contribution is -1.97. The molecule has 0 atom stereocenters. The van der Waals surface area contributed by atoms with Crippen LogP contribution >= 0.6 is 0 Å². The zero-order chi connectivity index (χ0) is 22.0. The van der Waals surface area contributed by atoms with Crippen molar-refractivity contribution in [1.29, 1.82) is 0 Å². The van der Waals surface area contributed by atoms with E-state index in [1.165, 1.54) is 0 Å². The molecule has 0 fully saturated rings. The summed E-state index contributed by atoms with van der Waals surface area (Å²) in [5.74, 6) is 0.118. The molecule has 0 saturated carbocycles. The summed E-state index contributed by atoms with van der Waals surface area (Å²) < 4.78 is 0. The molecule has 0 spiro atoms. The van der Waals surface area contributed by atoms with Crippen LogP contribution in [0.4, 0.5) is 22.7 Å². The van der Waals surface area contributed by atoms with E-state index in [0.717, 1.165) is 16.8 Å². The van der Waals surface area contributed by atoms with E-state index >= 15 is 0 Å². The first-order chi connectivity index (χ1) is 13.9. The zero-order valence-electron chi connectivity index (χ0n) is 18.0. The highest BCUT2D eigenvalue weighted by atomic mass is 16.3. The van der Waals surface area contributed by atoms with Crippen molar-refractivity contribution in [2.24, 2.45) is 0 Å². The largest absolute Gasteiger partial charge is 0.507 e. The van der Waals surface area contributed by atoms with Gasteiger partial charge in [-0.25, -0.2) is 0 Å². The first-order valence-electron chi connectivity index (χ1n) is 9.95. The Labute approximate surface area is 174 Å². The Bertz CT molecular complexity index is 818. The second-order valence-electron chi connectivity index (χ2n) is 6.07. The summed E-state index contributed by atoms with van der Waals surface area (Å²) in [5, 5.41) is 23.9. The van der Waals surface area contributed by atoms with Gasteiger partial charge in [-0.2, -0.15) is 0 Å². The van der Waals surface area contributed by atoms with Gasteiger partial charge in [-0.1, -0.05) is 39.8 Å². The topological polar surface area (TPSA) is 105 Å². The van der Waals surface area contributed by atoms with E-state index in [1.54, 1.807) is 25.1 Å². The second kappa shape index (κ2) is 11.5. The van der Waals surface area contributed by atoms with E-state index in [-0.39, 0.29) is 11.5 Å². The monoisotopic (exact) mass is 395 g/mol. The predicted octanol–water partition coefficient (Wildman–Crippen LogP) is 5.96. The molecule has 0 unspecified atom stereocenters. The molecule has 0 bridgehead atoms. The molecule has 0 aliphatic carbocycles. The van der Waals surface area contributed by atoms with Crippen LogP contribution in [0.2, 0.25) is 0 Å². The van der Waals surface area contributed by atoms with E-state index in [2.05, 4.69) is 5.32 Å². The number of hydrogen-bond acceptors (Lipinski definition) is 5. The maximum atomic E-state index is 10.4. The van der Waals surface area contributed by atoms with Crippen LogP contribution in [-0.4, -0.2) is 10.2 Å². The molecule has 0 aliphatic heterocycles. The maximum absolute atomic E-state index is 10.4. The van der Waals surface area contributed by atoms with Crippen molar-refractivity contribution in [2.75, 3.05) is 16.8 Å². The Balaban J connectivity index is 0.000000989. The number of phenolic OH excluding ortho intramolecular Hbond substituents is 2. The lowest BCUT2D eigenvalue weighted by atomic mass is 9.99. The van der Waals surface area contributed by atoms with Crippen LogP contribution in [0.5, 0.6) is 11.5 Å². The van der Waals surface area contributed by atoms with Crippen molar-refractivity contribution in [3.63, 3.8) is 0 Å². The molecular weight excluding hydrogens is 362 g/mol. The maximum Gasteiger partial charge on any atom is 0.145 e. The quantitative estimate of drug-likeness (QED) is 0.213. The van der Waals surface area contributed by atoms with Crippen LogP contribution in [0.25, 0.3) is 0 Å². The van der Waals surface area contributed by atoms with Crippen molar-refractivity contribution in [1.82, 2.24) is 0 Å². The molecule has 5 nitrogen and oxygen atoms in total. The third-order valence-corrected chi connectivity index (χ3v) is 4.15. The standard InChI is InChI=1S/C20H21N3O2.2C2H6/c1-12-19(24)14(10-13-2-4-15(21)5-3-13)11-18(20(12)25)23-17-8-6-16(22)7-9-17;2*1-2/h2-9,11,23-25H,10,21-22H2,1H3;2*1-2H3. The van der Waals surface area contributed by atoms with Crippen molar-refractivity contribution in [3.05, 3.63) is 71.3 Å². The van der Waals surface area contributed by atoms with E-state index in [9.17, 15) is 10.2 Å². The Kier molecular flexibility index (Phi) is 9.39. The number of phenols is 2. The summed E-state index contributed by atoms with van der Waals surface area (Å²) in [5.41, 5.74) is 16.3. The third kappa shape index (κ3) is 6.35. The third-order valence-electron chi connectivity index (χ3n) is 4.15. The highest BCUT2D eigenvalue weighted by molar-refractivity contribution is 5.72. The number of rotatable bonds is 4. The normalized spacial score (nSPS) is 9.55. The van der Waals surface area contributed by atoms with Crippen LogP contribution < -0.4 is 16.8 Å². The van der Waals surface area contributed by atoms with Gasteiger partial charge in [0.2, 0.25) is 0 Å². The van der Waals surface area contributed by atoms with Crippen molar-refractivity contribution >= 4 is 22.7 Å². The van der Waals surface area contributed by atoms with Crippen molar-refractivity contribution in [2.45, 2.75) is 41.0 Å². The molecule has 7 N–H and O–H groups in total. The molecule has 0 amide bonds. The van der Waals surface area contributed by atoms with Crippen LogP contribution in [0.15, 0.2) is 54.6 Å². The molecule has 156 valence electrons. The number of hydrogen-bond donors (Lipinski definition) is 5. The number of aromatic hydroxyl groups is 2. The number of benzene rings is 3. The van der Waals surface area contributed by atoms with Crippen molar-refractivity contribution < 1.29 is 10.2 Å². The Morgan fingerprint density at radius 3 is 1.76 bits per heavy atom. The lowest BCUT2D eigenvalue weighted by molar-refractivity contribution is 0.441. The SMILES string of the molecule is CC.CC.Cc1c(O)c(Cc2ccc(N)cc2)cc(Nc2ccc(N)cc2)c1O. The summed E-state index contributed by atoms with van der Waals surface area (Å²) in [6, 6.07) is 16.5. The fourth-order valence-electron chi connectivity index (χ4n) is 2.67. The fraction of sp³-hybridized carbons (Fsp3) is 0.250. The van der Waals surface area contributed by atoms with E-state index in [0.29, 0.717) is 29.0 Å². The lowest BCUT2D eigenvalue weighted by Gasteiger charge is -2.15. The van der Waals surface area contributed by atoms with Gasteiger partial charge in [-0.3, -0.25) is 0 Å². The summed E-state index contributed by atoms with van der Waals surface area (Å²) in [4.78, 5) is 0. The minimum atomic E-state index is 0.0235. The van der Waals surface area contributed by atoms with Gasteiger partial charge < -0.3 is 27.0 Å². The minimum Gasteiger partial charge on any atom is -0.507 e. The molecular formula is C24H33N3O2. The Morgan fingerprint density at radius 1 is 0.759 bits per heavy atom. The Hall–Kier alpha value is -3.34. The van der Waals surface area contributed by atoms with Crippen LogP contribution in [0.1, 0.15) is 44.4 Å². The smallest absolute Gasteiger partial charge is 0.145 e. The molecule has 0 radical (unpaired) electrons. The number of nitrogen functional groups attached to an aromatic ring is 2. The molecule has 0 heterocycles. The first kappa shape index (κ1) is 23.7. The predicted molar refractivity (Wildman–Crippen MR) is 125 cm³/mol.